The Bertz CT molecular complexity index is 1110. The Hall–Kier alpha value is -3.26. The van der Waals surface area contributed by atoms with E-state index in [-0.39, 0.29) is 5.91 Å². The molecule has 2 heterocycles. The van der Waals surface area contributed by atoms with E-state index in [9.17, 15) is 4.79 Å². The molecule has 8 heteroatoms. The summed E-state index contributed by atoms with van der Waals surface area (Å²) in [5, 5.41) is 15.6. The molecule has 0 aliphatic rings. The molecule has 0 radical (unpaired) electrons. The maximum Gasteiger partial charge on any atom is 0.237 e. The lowest BCUT2D eigenvalue weighted by molar-refractivity contribution is -0.114. The molecule has 0 saturated heterocycles. The highest BCUT2D eigenvalue weighted by Gasteiger charge is 2.11. The number of carbonyl (C=O) groups is 1. The predicted octanol–water partition coefficient (Wildman–Crippen LogP) is 4.30. The first-order chi connectivity index (χ1) is 13.1. The first-order valence-corrected chi connectivity index (χ1v) is 8.92. The number of nitrogens with one attached hydrogen (secondary N) is 1. The number of nitrogens with zero attached hydrogens (tertiary/aromatic N) is 4. The van der Waals surface area contributed by atoms with E-state index in [0.29, 0.717) is 28.8 Å². The molecular formula is C19H14BrN5O2. The van der Waals surface area contributed by atoms with Crippen LogP contribution in [0.15, 0.2) is 65.1 Å². The van der Waals surface area contributed by atoms with Gasteiger partial charge in [-0.1, -0.05) is 28.1 Å². The van der Waals surface area contributed by atoms with Gasteiger partial charge >= 0.3 is 0 Å². The Balaban J connectivity index is 1.62. The lowest BCUT2D eigenvalue weighted by Gasteiger charge is -2.07. The summed E-state index contributed by atoms with van der Waals surface area (Å²) in [7, 11) is 0. The summed E-state index contributed by atoms with van der Waals surface area (Å²) in [5.41, 5.74) is 2.23. The van der Waals surface area contributed by atoms with E-state index in [1.165, 1.54) is 6.92 Å². The summed E-state index contributed by atoms with van der Waals surface area (Å²) >= 11 is 3.42. The van der Waals surface area contributed by atoms with Gasteiger partial charge in [0.15, 0.2) is 11.5 Å². The van der Waals surface area contributed by atoms with Crippen molar-refractivity contribution >= 4 is 33.2 Å². The van der Waals surface area contributed by atoms with Gasteiger partial charge in [-0.3, -0.25) is 4.79 Å². The third-order valence-electron chi connectivity index (χ3n) is 3.74. The quantitative estimate of drug-likeness (QED) is 0.528. The molecule has 1 N–H and O–H groups in total. The summed E-state index contributed by atoms with van der Waals surface area (Å²) in [6.45, 7) is 1.46. The van der Waals surface area contributed by atoms with E-state index < -0.39 is 0 Å². The Kier molecular flexibility index (Phi) is 4.55. The van der Waals surface area contributed by atoms with Gasteiger partial charge < -0.3 is 10.1 Å². The molecule has 0 atom stereocenters. The van der Waals surface area contributed by atoms with Gasteiger partial charge in [0.1, 0.15) is 5.75 Å². The standard InChI is InChI=1S/C19H14BrN5O2/c1-12(26)21-15-6-8-16(9-7-15)27-18-11-10-17-22-23-19(25(17)24-18)13-2-4-14(20)5-3-13/h2-11H,1H3,(H,21,26). The number of rotatable bonds is 4. The average Bonchev–Trinajstić information content (AvgIpc) is 3.07. The van der Waals surface area contributed by atoms with Crippen molar-refractivity contribution in [1.29, 1.82) is 0 Å². The number of carbonyl (C=O) groups excluding carboxylic acids is 1. The smallest absolute Gasteiger partial charge is 0.237 e. The Morgan fingerprint density at radius 2 is 1.74 bits per heavy atom. The van der Waals surface area contributed by atoms with Gasteiger partial charge in [-0.05, 0) is 42.5 Å². The number of anilines is 1. The zero-order chi connectivity index (χ0) is 18.8. The molecule has 2 aromatic heterocycles. The number of amides is 1. The lowest BCUT2D eigenvalue weighted by atomic mass is 10.2. The molecule has 0 fully saturated rings. The van der Waals surface area contributed by atoms with Gasteiger partial charge in [0.25, 0.3) is 0 Å². The summed E-state index contributed by atoms with van der Waals surface area (Å²) in [6, 6.07) is 18.3. The summed E-state index contributed by atoms with van der Waals surface area (Å²) in [5.74, 6) is 1.52. The summed E-state index contributed by atoms with van der Waals surface area (Å²) in [4.78, 5) is 11.1. The molecule has 0 aliphatic heterocycles. The van der Waals surface area contributed by atoms with Gasteiger partial charge in [0.05, 0.1) is 0 Å². The Morgan fingerprint density at radius 3 is 2.44 bits per heavy atom. The monoisotopic (exact) mass is 423 g/mol. The van der Waals surface area contributed by atoms with Crippen LogP contribution in [-0.4, -0.2) is 25.7 Å². The van der Waals surface area contributed by atoms with Crippen LogP contribution in [-0.2, 0) is 4.79 Å². The SMILES string of the molecule is CC(=O)Nc1ccc(Oc2ccc3nnc(-c4ccc(Br)cc4)n3n2)cc1. The zero-order valence-corrected chi connectivity index (χ0v) is 15.8. The van der Waals surface area contributed by atoms with Gasteiger partial charge in [-0.25, -0.2) is 0 Å². The molecule has 134 valence electrons. The number of hydrogen-bond donors (Lipinski definition) is 1. The molecule has 1 amide bonds. The molecule has 0 aliphatic carbocycles. The number of ether oxygens (including phenoxy) is 1. The number of aromatic nitrogens is 4. The highest BCUT2D eigenvalue weighted by atomic mass is 79.9. The fourth-order valence-electron chi connectivity index (χ4n) is 2.54. The fourth-order valence-corrected chi connectivity index (χ4v) is 2.80. The van der Waals surface area contributed by atoms with Crippen molar-refractivity contribution in [3.8, 4) is 23.0 Å². The van der Waals surface area contributed by atoms with Gasteiger partial charge in [-0.2, -0.15) is 4.52 Å². The topological polar surface area (TPSA) is 81.4 Å². The zero-order valence-electron chi connectivity index (χ0n) is 14.3. The van der Waals surface area contributed by atoms with E-state index in [2.05, 4.69) is 36.5 Å². The van der Waals surface area contributed by atoms with Crippen LogP contribution < -0.4 is 10.1 Å². The first kappa shape index (κ1) is 17.2. The van der Waals surface area contributed by atoms with Gasteiger partial charge in [-0.15, -0.1) is 15.3 Å². The molecule has 27 heavy (non-hydrogen) atoms. The Morgan fingerprint density at radius 1 is 1.00 bits per heavy atom. The van der Waals surface area contributed by atoms with Crippen molar-refractivity contribution in [3.63, 3.8) is 0 Å². The maximum atomic E-state index is 11.1. The first-order valence-electron chi connectivity index (χ1n) is 8.12. The highest BCUT2D eigenvalue weighted by molar-refractivity contribution is 9.10. The average molecular weight is 424 g/mol. The second kappa shape index (κ2) is 7.16. The predicted molar refractivity (Wildman–Crippen MR) is 105 cm³/mol. The van der Waals surface area contributed by atoms with Crippen molar-refractivity contribution in [2.24, 2.45) is 0 Å². The third-order valence-corrected chi connectivity index (χ3v) is 4.27. The number of halogens is 1. The molecule has 0 unspecified atom stereocenters. The van der Waals surface area contributed by atoms with E-state index in [1.54, 1.807) is 40.9 Å². The fraction of sp³-hybridized carbons (Fsp3) is 0.0526. The van der Waals surface area contributed by atoms with E-state index in [1.807, 2.05) is 24.3 Å². The molecule has 4 aromatic rings. The van der Waals surface area contributed by atoms with Crippen LogP contribution in [0.3, 0.4) is 0 Å². The normalized spacial score (nSPS) is 10.7. The van der Waals surface area contributed by atoms with Crippen LogP contribution in [0.5, 0.6) is 11.6 Å². The number of fused-ring (bicyclic) bond motifs is 1. The van der Waals surface area contributed by atoms with Crippen molar-refractivity contribution in [3.05, 3.63) is 65.1 Å². The van der Waals surface area contributed by atoms with Crippen molar-refractivity contribution < 1.29 is 9.53 Å². The lowest BCUT2D eigenvalue weighted by Crippen LogP contribution is -2.05. The van der Waals surface area contributed by atoms with Crippen LogP contribution in [0.1, 0.15) is 6.92 Å². The van der Waals surface area contributed by atoms with Crippen LogP contribution >= 0.6 is 15.9 Å². The molecule has 4 rings (SSSR count). The second-order valence-electron chi connectivity index (χ2n) is 5.78. The molecule has 2 aromatic carbocycles. The largest absolute Gasteiger partial charge is 0.438 e. The van der Waals surface area contributed by atoms with Crippen molar-refractivity contribution in [2.75, 3.05) is 5.32 Å². The van der Waals surface area contributed by atoms with Gasteiger partial charge in [0, 0.05) is 28.7 Å². The molecule has 0 saturated carbocycles. The molecule has 0 spiro atoms. The van der Waals surface area contributed by atoms with E-state index in [0.717, 1.165) is 10.0 Å². The highest BCUT2D eigenvalue weighted by Crippen LogP contribution is 2.24. The van der Waals surface area contributed by atoms with Crippen molar-refractivity contribution in [2.45, 2.75) is 6.92 Å². The number of hydrogen-bond acceptors (Lipinski definition) is 5. The minimum atomic E-state index is -0.121. The third kappa shape index (κ3) is 3.80. The van der Waals surface area contributed by atoms with Crippen molar-refractivity contribution in [1.82, 2.24) is 19.8 Å². The van der Waals surface area contributed by atoms with Crippen LogP contribution in [0.4, 0.5) is 5.69 Å². The summed E-state index contributed by atoms with van der Waals surface area (Å²) < 4.78 is 8.45. The van der Waals surface area contributed by atoms with E-state index >= 15 is 0 Å². The minimum absolute atomic E-state index is 0.121. The maximum absolute atomic E-state index is 11.1. The second-order valence-corrected chi connectivity index (χ2v) is 6.70. The van der Waals surface area contributed by atoms with Crippen LogP contribution in [0.25, 0.3) is 17.0 Å². The van der Waals surface area contributed by atoms with Gasteiger partial charge in [0.2, 0.25) is 11.8 Å². The van der Waals surface area contributed by atoms with E-state index in [4.69, 9.17) is 4.74 Å². The molecule has 7 nitrogen and oxygen atoms in total. The van der Waals surface area contributed by atoms with Crippen LogP contribution in [0, 0.1) is 0 Å². The minimum Gasteiger partial charge on any atom is -0.438 e. The molecule has 0 bridgehead atoms. The summed E-state index contributed by atoms with van der Waals surface area (Å²) in [6.07, 6.45) is 0. The Labute approximate surface area is 163 Å². The number of benzene rings is 2. The molecular weight excluding hydrogens is 410 g/mol. The van der Waals surface area contributed by atoms with Crippen LogP contribution in [0.2, 0.25) is 0 Å².